The molecular weight excluding hydrogens is 331 g/mol. The average Bonchev–Trinajstić information content (AvgIpc) is 3.15. The van der Waals surface area contributed by atoms with Crippen LogP contribution in [0.3, 0.4) is 0 Å². The Balaban J connectivity index is 1.72. The minimum Gasteiger partial charge on any atom is -0.309 e. The van der Waals surface area contributed by atoms with E-state index in [1.165, 1.54) is 22.7 Å². The van der Waals surface area contributed by atoms with E-state index < -0.39 is 23.8 Å². The Kier molecular flexibility index (Phi) is 3.52. The van der Waals surface area contributed by atoms with E-state index in [9.17, 15) is 18.0 Å². The molecule has 3 aromatic rings. The van der Waals surface area contributed by atoms with Crippen molar-refractivity contribution in [2.75, 3.05) is 5.32 Å². The second kappa shape index (κ2) is 5.61. The highest BCUT2D eigenvalue weighted by molar-refractivity contribution is 5.94. The Hall–Kier alpha value is -2.83. The van der Waals surface area contributed by atoms with Crippen LogP contribution < -0.4 is 5.32 Å². The summed E-state index contributed by atoms with van der Waals surface area (Å²) in [6.45, 7) is 1.62. The van der Waals surface area contributed by atoms with Crippen molar-refractivity contribution in [3.8, 4) is 11.1 Å². The topological polar surface area (TPSA) is 46.4 Å². The maximum absolute atomic E-state index is 14.4. The van der Waals surface area contributed by atoms with Gasteiger partial charge in [-0.05, 0) is 36.6 Å². The molecule has 7 heteroatoms. The SMILES string of the molecule is Cc1c(F)cccc1-c1cc(F)c2nc(NC(=O)C3CC3F)cn2c1. The van der Waals surface area contributed by atoms with E-state index in [1.54, 1.807) is 25.3 Å². The summed E-state index contributed by atoms with van der Waals surface area (Å²) >= 11 is 0. The third kappa shape index (κ3) is 2.75. The lowest BCUT2D eigenvalue weighted by molar-refractivity contribution is -0.117. The van der Waals surface area contributed by atoms with E-state index in [-0.39, 0.29) is 23.7 Å². The van der Waals surface area contributed by atoms with Crippen LogP contribution in [0.15, 0.2) is 36.7 Å². The molecule has 0 aliphatic heterocycles. The van der Waals surface area contributed by atoms with Crippen LogP contribution in [0.5, 0.6) is 0 Å². The van der Waals surface area contributed by atoms with Gasteiger partial charge in [0, 0.05) is 11.8 Å². The highest BCUT2D eigenvalue weighted by atomic mass is 19.1. The number of hydrogen-bond donors (Lipinski definition) is 1. The Morgan fingerprint density at radius 2 is 2.04 bits per heavy atom. The van der Waals surface area contributed by atoms with Crippen LogP contribution in [0, 0.1) is 24.5 Å². The molecule has 1 aliphatic rings. The van der Waals surface area contributed by atoms with Crippen LogP contribution in [-0.2, 0) is 4.79 Å². The quantitative estimate of drug-likeness (QED) is 0.783. The predicted octanol–water partition coefficient (Wildman–Crippen LogP) is 3.88. The van der Waals surface area contributed by atoms with Crippen molar-refractivity contribution < 1.29 is 18.0 Å². The zero-order valence-corrected chi connectivity index (χ0v) is 13.3. The number of benzene rings is 1. The number of halogens is 3. The molecule has 1 amide bonds. The number of nitrogens with one attached hydrogen (secondary N) is 1. The highest BCUT2D eigenvalue weighted by Crippen LogP contribution is 2.34. The summed E-state index contributed by atoms with van der Waals surface area (Å²) in [5.41, 5.74) is 1.50. The molecule has 25 heavy (non-hydrogen) atoms. The van der Waals surface area contributed by atoms with Gasteiger partial charge in [0.25, 0.3) is 0 Å². The molecule has 0 radical (unpaired) electrons. The molecule has 2 atom stereocenters. The second-order valence-electron chi connectivity index (χ2n) is 6.19. The number of aromatic nitrogens is 2. The Bertz CT molecular complexity index is 999. The monoisotopic (exact) mass is 345 g/mol. The number of pyridine rings is 1. The van der Waals surface area contributed by atoms with Crippen LogP contribution in [0.2, 0.25) is 0 Å². The third-order valence-corrected chi connectivity index (χ3v) is 4.39. The first-order valence-electron chi connectivity index (χ1n) is 7.82. The Morgan fingerprint density at radius 1 is 1.28 bits per heavy atom. The second-order valence-corrected chi connectivity index (χ2v) is 6.19. The number of anilines is 1. The number of alkyl halides is 1. The standard InChI is InChI=1S/C18H14F3N3O/c1-9-11(3-2-4-13(9)19)10-5-15(21)17-22-16(8-24(17)7-10)23-18(25)12-6-14(12)20/h2-5,7-8,12,14H,6H2,1H3,(H,23,25). The number of carbonyl (C=O) groups excluding carboxylic acids is 1. The van der Waals surface area contributed by atoms with Crippen LogP contribution in [-0.4, -0.2) is 21.5 Å². The highest BCUT2D eigenvalue weighted by Gasteiger charge is 2.43. The molecule has 4 rings (SSSR count). The molecule has 1 aromatic carbocycles. The van der Waals surface area contributed by atoms with Crippen molar-refractivity contribution in [1.82, 2.24) is 9.38 Å². The molecule has 0 bridgehead atoms. The predicted molar refractivity (Wildman–Crippen MR) is 86.9 cm³/mol. The van der Waals surface area contributed by atoms with Gasteiger partial charge in [-0.15, -0.1) is 0 Å². The average molecular weight is 345 g/mol. The molecule has 0 saturated heterocycles. The van der Waals surface area contributed by atoms with Gasteiger partial charge in [0.15, 0.2) is 17.3 Å². The fourth-order valence-electron chi connectivity index (χ4n) is 2.84. The zero-order chi connectivity index (χ0) is 17.7. The van der Waals surface area contributed by atoms with E-state index in [2.05, 4.69) is 10.3 Å². The van der Waals surface area contributed by atoms with E-state index in [0.29, 0.717) is 16.7 Å². The van der Waals surface area contributed by atoms with Crippen molar-refractivity contribution in [1.29, 1.82) is 0 Å². The maximum atomic E-state index is 14.4. The maximum Gasteiger partial charge on any atom is 0.231 e. The lowest BCUT2D eigenvalue weighted by atomic mass is 10.0. The fraction of sp³-hybridized carbons (Fsp3) is 0.222. The van der Waals surface area contributed by atoms with E-state index in [1.807, 2.05) is 0 Å². The fourth-order valence-corrected chi connectivity index (χ4v) is 2.84. The number of imidazole rings is 1. The molecule has 4 nitrogen and oxygen atoms in total. The molecule has 2 aromatic heterocycles. The van der Waals surface area contributed by atoms with E-state index in [4.69, 9.17) is 0 Å². The number of fused-ring (bicyclic) bond motifs is 1. The van der Waals surface area contributed by atoms with E-state index >= 15 is 0 Å². The van der Waals surface area contributed by atoms with Crippen molar-refractivity contribution in [2.24, 2.45) is 5.92 Å². The first kappa shape index (κ1) is 15.7. The van der Waals surface area contributed by atoms with Gasteiger partial charge in [-0.1, -0.05) is 12.1 Å². The molecule has 2 heterocycles. The Labute approximate surface area is 141 Å². The normalized spacial score (nSPS) is 19.2. The van der Waals surface area contributed by atoms with Crippen LogP contribution in [0.1, 0.15) is 12.0 Å². The summed E-state index contributed by atoms with van der Waals surface area (Å²) in [4.78, 5) is 15.8. The minimum absolute atomic E-state index is 0.0284. The molecule has 1 aliphatic carbocycles. The van der Waals surface area contributed by atoms with Crippen molar-refractivity contribution in [3.63, 3.8) is 0 Å². The lowest BCUT2D eigenvalue weighted by Gasteiger charge is -2.08. The largest absolute Gasteiger partial charge is 0.309 e. The van der Waals surface area contributed by atoms with Gasteiger partial charge in [-0.2, -0.15) is 0 Å². The molecule has 128 valence electrons. The molecule has 2 unspecified atom stereocenters. The first-order chi connectivity index (χ1) is 11.9. The van der Waals surface area contributed by atoms with E-state index in [0.717, 1.165) is 0 Å². The molecular formula is C18H14F3N3O. The molecule has 0 spiro atoms. The summed E-state index contributed by atoms with van der Waals surface area (Å²) in [7, 11) is 0. The summed E-state index contributed by atoms with van der Waals surface area (Å²) in [5.74, 6) is -1.94. The number of carbonyl (C=O) groups is 1. The number of amides is 1. The van der Waals surface area contributed by atoms with Crippen molar-refractivity contribution >= 4 is 17.4 Å². The summed E-state index contributed by atoms with van der Waals surface area (Å²) in [6, 6.07) is 5.87. The van der Waals surface area contributed by atoms with Gasteiger partial charge in [-0.3, -0.25) is 4.79 Å². The van der Waals surface area contributed by atoms with Gasteiger partial charge in [0.1, 0.15) is 12.0 Å². The summed E-state index contributed by atoms with van der Waals surface area (Å²) in [5, 5.41) is 2.49. The summed E-state index contributed by atoms with van der Waals surface area (Å²) in [6.07, 6.45) is 2.15. The zero-order valence-electron chi connectivity index (χ0n) is 13.3. The van der Waals surface area contributed by atoms with Crippen LogP contribution in [0.4, 0.5) is 19.0 Å². The van der Waals surface area contributed by atoms with Gasteiger partial charge in [-0.25, -0.2) is 18.2 Å². The van der Waals surface area contributed by atoms with Crippen LogP contribution >= 0.6 is 0 Å². The van der Waals surface area contributed by atoms with Crippen LogP contribution in [0.25, 0.3) is 16.8 Å². The summed E-state index contributed by atoms with van der Waals surface area (Å²) < 4.78 is 42.5. The van der Waals surface area contributed by atoms with Crippen molar-refractivity contribution in [3.05, 3.63) is 53.9 Å². The molecule has 1 fully saturated rings. The van der Waals surface area contributed by atoms with Gasteiger partial charge >= 0.3 is 0 Å². The molecule has 1 saturated carbocycles. The van der Waals surface area contributed by atoms with Crippen molar-refractivity contribution in [2.45, 2.75) is 19.5 Å². The minimum atomic E-state index is -1.11. The number of nitrogens with zero attached hydrogens (tertiary/aromatic N) is 2. The first-order valence-corrected chi connectivity index (χ1v) is 7.82. The smallest absolute Gasteiger partial charge is 0.231 e. The third-order valence-electron chi connectivity index (χ3n) is 4.39. The van der Waals surface area contributed by atoms with Gasteiger partial charge < -0.3 is 9.72 Å². The van der Waals surface area contributed by atoms with Gasteiger partial charge in [0.2, 0.25) is 5.91 Å². The molecule has 1 N–H and O–H groups in total. The van der Waals surface area contributed by atoms with Gasteiger partial charge in [0.05, 0.1) is 12.1 Å². The number of rotatable bonds is 3. The lowest BCUT2D eigenvalue weighted by Crippen LogP contribution is -2.15. The Morgan fingerprint density at radius 3 is 2.76 bits per heavy atom. The number of hydrogen-bond acceptors (Lipinski definition) is 2.